The minimum Gasteiger partial charge on any atom is -0.462 e. The van der Waals surface area contributed by atoms with E-state index in [1.807, 2.05) is 13.8 Å². The number of anilines is 1. The van der Waals surface area contributed by atoms with Crippen LogP contribution in [-0.2, 0) is 14.3 Å². The number of carbonyl (C=O) groups excluding carboxylic acids is 3. The Hall–Kier alpha value is -2.37. The lowest BCUT2D eigenvalue weighted by molar-refractivity contribution is -0.143. The van der Waals surface area contributed by atoms with Crippen molar-refractivity contribution in [1.82, 2.24) is 4.90 Å². The van der Waals surface area contributed by atoms with Crippen LogP contribution < -0.4 is 5.32 Å². The molecule has 6 nitrogen and oxygen atoms in total. The summed E-state index contributed by atoms with van der Waals surface area (Å²) in [7, 11) is 0. The smallest absolute Gasteiger partial charge is 0.338 e. The summed E-state index contributed by atoms with van der Waals surface area (Å²) in [5.74, 6) is -1.61. The van der Waals surface area contributed by atoms with Crippen LogP contribution in [0.3, 0.4) is 0 Å². The first-order valence-electron chi connectivity index (χ1n) is 8.40. The average Bonchev–Trinajstić information content (AvgIpc) is 2.58. The molecule has 132 valence electrons. The number of nitrogens with one attached hydrogen (secondary N) is 1. The number of hydrogen-bond acceptors (Lipinski definition) is 4. The van der Waals surface area contributed by atoms with Crippen molar-refractivity contribution in [2.75, 3.05) is 25.0 Å². The molecular formula is C18H26N2O4. The maximum Gasteiger partial charge on any atom is 0.338 e. The van der Waals surface area contributed by atoms with Gasteiger partial charge in [-0.2, -0.15) is 0 Å². The van der Waals surface area contributed by atoms with Gasteiger partial charge in [0.05, 0.1) is 12.2 Å². The summed E-state index contributed by atoms with van der Waals surface area (Å²) in [5.41, 5.74) is 0.866. The highest BCUT2D eigenvalue weighted by Gasteiger charge is 2.21. The number of rotatable bonds is 8. The Labute approximate surface area is 143 Å². The van der Waals surface area contributed by atoms with Gasteiger partial charge < -0.3 is 15.0 Å². The molecule has 0 aromatic heterocycles. The molecule has 2 amide bonds. The van der Waals surface area contributed by atoms with Gasteiger partial charge in [-0.1, -0.05) is 20.3 Å². The summed E-state index contributed by atoms with van der Waals surface area (Å²) in [6.07, 6.45) is 2.63. The second-order valence-electron chi connectivity index (χ2n) is 5.40. The van der Waals surface area contributed by atoms with Gasteiger partial charge in [0.2, 0.25) is 0 Å². The van der Waals surface area contributed by atoms with Gasteiger partial charge in [-0.25, -0.2) is 4.79 Å². The highest BCUT2D eigenvalue weighted by molar-refractivity contribution is 6.39. The molecule has 0 aliphatic rings. The molecule has 1 aromatic rings. The molecule has 0 bridgehead atoms. The summed E-state index contributed by atoms with van der Waals surface area (Å²) in [4.78, 5) is 37.5. The van der Waals surface area contributed by atoms with E-state index in [4.69, 9.17) is 4.74 Å². The lowest BCUT2D eigenvalue weighted by Gasteiger charge is -2.21. The Balaban J connectivity index is 2.68. The van der Waals surface area contributed by atoms with E-state index in [1.54, 1.807) is 36.1 Å². The third kappa shape index (κ3) is 6.02. The van der Waals surface area contributed by atoms with Crippen molar-refractivity contribution < 1.29 is 19.1 Å². The Morgan fingerprint density at radius 3 is 2.21 bits per heavy atom. The van der Waals surface area contributed by atoms with Crippen molar-refractivity contribution in [2.24, 2.45) is 0 Å². The van der Waals surface area contributed by atoms with Crippen molar-refractivity contribution in [3.05, 3.63) is 29.8 Å². The van der Waals surface area contributed by atoms with Gasteiger partial charge in [-0.3, -0.25) is 9.59 Å². The molecule has 0 fully saturated rings. The van der Waals surface area contributed by atoms with Crippen LogP contribution in [0.5, 0.6) is 0 Å². The summed E-state index contributed by atoms with van der Waals surface area (Å²) in [6.45, 7) is 7.19. The monoisotopic (exact) mass is 334 g/mol. The standard InChI is InChI=1S/C18H26N2O4/c1-4-7-13-20(12-5-2)17(22)16(21)19-15-10-8-14(9-11-15)18(23)24-6-3/h8-11H,4-7,12-13H2,1-3H3,(H,19,21). The predicted octanol–water partition coefficient (Wildman–Crippen LogP) is 2.84. The van der Waals surface area contributed by atoms with Gasteiger partial charge in [0, 0.05) is 18.8 Å². The molecule has 0 heterocycles. The number of unbranched alkanes of at least 4 members (excludes halogenated alkanes) is 1. The van der Waals surface area contributed by atoms with E-state index in [0.717, 1.165) is 19.3 Å². The van der Waals surface area contributed by atoms with Crippen LogP contribution >= 0.6 is 0 Å². The van der Waals surface area contributed by atoms with Crippen molar-refractivity contribution in [3.8, 4) is 0 Å². The summed E-state index contributed by atoms with van der Waals surface area (Å²) >= 11 is 0. The maximum atomic E-state index is 12.2. The van der Waals surface area contributed by atoms with Crippen molar-refractivity contribution in [3.63, 3.8) is 0 Å². The number of nitrogens with zero attached hydrogens (tertiary/aromatic N) is 1. The number of amides is 2. The SMILES string of the molecule is CCCCN(CCC)C(=O)C(=O)Nc1ccc(C(=O)OCC)cc1. The van der Waals surface area contributed by atoms with Crippen LogP contribution in [0.1, 0.15) is 50.4 Å². The van der Waals surface area contributed by atoms with Crippen molar-refractivity contribution >= 4 is 23.5 Å². The van der Waals surface area contributed by atoms with Crippen LogP contribution in [-0.4, -0.2) is 42.4 Å². The largest absolute Gasteiger partial charge is 0.462 e. The van der Waals surface area contributed by atoms with Gasteiger partial charge in [0.25, 0.3) is 0 Å². The van der Waals surface area contributed by atoms with Crippen LogP contribution in [0.25, 0.3) is 0 Å². The fraction of sp³-hybridized carbons (Fsp3) is 0.500. The average molecular weight is 334 g/mol. The first-order valence-corrected chi connectivity index (χ1v) is 8.40. The fourth-order valence-electron chi connectivity index (χ4n) is 2.17. The molecule has 6 heteroatoms. The first kappa shape index (κ1) is 19.7. The van der Waals surface area contributed by atoms with E-state index in [0.29, 0.717) is 30.9 Å². The number of hydrogen-bond donors (Lipinski definition) is 1. The fourth-order valence-corrected chi connectivity index (χ4v) is 2.17. The van der Waals surface area contributed by atoms with E-state index in [2.05, 4.69) is 5.32 Å². The summed E-state index contributed by atoms with van der Waals surface area (Å²) in [5, 5.41) is 2.57. The topological polar surface area (TPSA) is 75.7 Å². The molecule has 0 radical (unpaired) electrons. The van der Waals surface area contributed by atoms with Gasteiger partial charge in [-0.15, -0.1) is 0 Å². The van der Waals surface area contributed by atoms with Crippen molar-refractivity contribution in [1.29, 1.82) is 0 Å². The highest BCUT2D eigenvalue weighted by atomic mass is 16.5. The first-order chi connectivity index (χ1) is 11.5. The molecule has 1 rings (SSSR count). The number of carbonyl (C=O) groups is 3. The molecule has 0 aliphatic heterocycles. The lowest BCUT2D eigenvalue weighted by Crippen LogP contribution is -2.40. The van der Waals surface area contributed by atoms with Crippen LogP contribution in [0.15, 0.2) is 24.3 Å². The van der Waals surface area contributed by atoms with E-state index >= 15 is 0 Å². The minimum absolute atomic E-state index is 0.302. The van der Waals surface area contributed by atoms with Crippen LogP contribution in [0.4, 0.5) is 5.69 Å². The third-order valence-corrected chi connectivity index (χ3v) is 3.41. The molecule has 0 atom stereocenters. The molecule has 0 aliphatic carbocycles. The zero-order valence-corrected chi connectivity index (χ0v) is 14.6. The zero-order valence-electron chi connectivity index (χ0n) is 14.6. The molecule has 24 heavy (non-hydrogen) atoms. The summed E-state index contributed by atoms with van der Waals surface area (Å²) < 4.78 is 4.90. The normalized spacial score (nSPS) is 10.1. The molecule has 0 saturated carbocycles. The Morgan fingerprint density at radius 1 is 1.00 bits per heavy atom. The van der Waals surface area contributed by atoms with E-state index in [9.17, 15) is 14.4 Å². The van der Waals surface area contributed by atoms with E-state index in [-0.39, 0.29) is 0 Å². The van der Waals surface area contributed by atoms with Gasteiger partial charge in [0.1, 0.15) is 0 Å². The third-order valence-electron chi connectivity index (χ3n) is 3.41. The van der Waals surface area contributed by atoms with Crippen molar-refractivity contribution in [2.45, 2.75) is 40.0 Å². The lowest BCUT2D eigenvalue weighted by atomic mass is 10.2. The zero-order chi connectivity index (χ0) is 17.9. The predicted molar refractivity (Wildman–Crippen MR) is 92.8 cm³/mol. The van der Waals surface area contributed by atoms with E-state index < -0.39 is 17.8 Å². The van der Waals surface area contributed by atoms with Crippen LogP contribution in [0, 0.1) is 0 Å². The minimum atomic E-state index is -0.663. The quantitative estimate of drug-likeness (QED) is 0.586. The Kier molecular flexibility index (Phi) is 8.54. The van der Waals surface area contributed by atoms with Gasteiger partial charge >= 0.3 is 17.8 Å². The number of esters is 1. The molecule has 1 aromatic carbocycles. The second-order valence-corrected chi connectivity index (χ2v) is 5.40. The number of ether oxygens (including phenoxy) is 1. The van der Waals surface area contributed by atoms with Gasteiger partial charge in [-0.05, 0) is 44.0 Å². The van der Waals surface area contributed by atoms with Gasteiger partial charge in [0.15, 0.2) is 0 Å². The molecule has 0 saturated heterocycles. The second kappa shape index (κ2) is 10.4. The molecule has 0 unspecified atom stereocenters. The van der Waals surface area contributed by atoms with Crippen LogP contribution in [0.2, 0.25) is 0 Å². The Morgan fingerprint density at radius 2 is 1.67 bits per heavy atom. The molecule has 1 N–H and O–H groups in total. The molecule has 0 spiro atoms. The number of benzene rings is 1. The Bertz CT molecular complexity index is 555. The van der Waals surface area contributed by atoms with E-state index in [1.165, 1.54) is 0 Å². The maximum absolute atomic E-state index is 12.2. The molecular weight excluding hydrogens is 308 g/mol. The highest BCUT2D eigenvalue weighted by Crippen LogP contribution is 2.11. The summed E-state index contributed by atoms with van der Waals surface area (Å²) in [6, 6.07) is 6.26.